The van der Waals surface area contributed by atoms with Crippen LogP contribution in [0, 0.1) is 5.92 Å². The molecular weight excluding hydrogens is 282 g/mol. The maximum absolute atomic E-state index is 11.1. The molecule has 0 bridgehead atoms. The Balaban J connectivity index is 2.23. The molecule has 1 fully saturated rings. The molecule has 1 amide bonds. The monoisotopic (exact) mass is 297 g/mol. The van der Waals surface area contributed by atoms with Crippen LogP contribution in [-0.4, -0.2) is 13.0 Å². The molecular formula is C13H16BrNO2. The second-order valence-electron chi connectivity index (χ2n) is 4.51. The summed E-state index contributed by atoms with van der Waals surface area (Å²) in [4.78, 5) is 11.1. The Morgan fingerprint density at radius 3 is 2.76 bits per heavy atom. The summed E-state index contributed by atoms with van der Waals surface area (Å²) >= 11 is 3.47. The van der Waals surface area contributed by atoms with E-state index >= 15 is 0 Å². The molecule has 1 aromatic carbocycles. The first kappa shape index (κ1) is 12.4. The van der Waals surface area contributed by atoms with Crippen molar-refractivity contribution >= 4 is 21.8 Å². The minimum atomic E-state index is -0.228. The summed E-state index contributed by atoms with van der Waals surface area (Å²) in [6, 6.07) is 5.98. The minimum Gasteiger partial charge on any atom is -0.496 e. The van der Waals surface area contributed by atoms with Gasteiger partial charge in [-0.05, 0) is 58.3 Å². The Morgan fingerprint density at radius 1 is 1.59 bits per heavy atom. The Morgan fingerprint density at radius 2 is 2.29 bits per heavy atom. The fraction of sp³-hybridized carbons (Fsp3) is 0.462. The predicted molar refractivity (Wildman–Crippen MR) is 70.0 cm³/mol. The number of primary amides is 1. The SMILES string of the molecule is COc1ccc(C(CC(N)=O)C2CC2)cc1Br. The molecule has 1 unspecified atom stereocenters. The first-order valence-corrected chi connectivity index (χ1v) is 6.53. The highest BCUT2D eigenvalue weighted by Gasteiger charge is 2.33. The third kappa shape index (κ3) is 3.00. The van der Waals surface area contributed by atoms with Crippen molar-refractivity contribution in [3.63, 3.8) is 0 Å². The zero-order valence-corrected chi connectivity index (χ0v) is 11.4. The Kier molecular flexibility index (Phi) is 3.72. The van der Waals surface area contributed by atoms with Gasteiger partial charge < -0.3 is 10.5 Å². The summed E-state index contributed by atoms with van der Waals surface area (Å²) in [6.45, 7) is 0. The van der Waals surface area contributed by atoms with Crippen LogP contribution in [0.5, 0.6) is 5.75 Å². The molecule has 0 saturated heterocycles. The fourth-order valence-electron chi connectivity index (χ4n) is 2.19. The number of nitrogens with two attached hydrogens (primary N) is 1. The summed E-state index contributed by atoms with van der Waals surface area (Å²) in [5.41, 5.74) is 6.48. The normalized spacial score (nSPS) is 16.6. The van der Waals surface area contributed by atoms with E-state index in [0.717, 1.165) is 10.2 Å². The van der Waals surface area contributed by atoms with E-state index in [-0.39, 0.29) is 11.8 Å². The lowest BCUT2D eigenvalue weighted by atomic mass is 9.91. The van der Waals surface area contributed by atoms with Gasteiger partial charge >= 0.3 is 0 Å². The van der Waals surface area contributed by atoms with E-state index in [1.165, 1.54) is 18.4 Å². The van der Waals surface area contributed by atoms with E-state index < -0.39 is 0 Å². The summed E-state index contributed by atoms with van der Waals surface area (Å²) in [7, 11) is 1.64. The van der Waals surface area contributed by atoms with Crippen molar-refractivity contribution in [2.45, 2.75) is 25.2 Å². The van der Waals surface area contributed by atoms with Gasteiger partial charge in [-0.1, -0.05) is 6.07 Å². The Labute approximate surface area is 109 Å². The second kappa shape index (κ2) is 5.08. The summed E-state index contributed by atoms with van der Waals surface area (Å²) in [5.74, 6) is 1.45. The number of hydrogen-bond acceptors (Lipinski definition) is 2. The van der Waals surface area contributed by atoms with E-state index in [4.69, 9.17) is 10.5 Å². The van der Waals surface area contributed by atoms with Gasteiger partial charge in [-0.2, -0.15) is 0 Å². The van der Waals surface area contributed by atoms with Crippen LogP contribution in [0.4, 0.5) is 0 Å². The van der Waals surface area contributed by atoms with Crippen molar-refractivity contribution in [2.24, 2.45) is 11.7 Å². The second-order valence-corrected chi connectivity index (χ2v) is 5.36. The van der Waals surface area contributed by atoms with Crippen LogP contribution in [0.2, 0.25) is 0 Å². The van der Waals surface area contributed by atoms with Crippen molar-refractivity contribution in [3.8, 4) is 5.75 Å². The van der Waals surface area contributed by atoms with Gasteiger partial charge in [-0.15, -0.1) is 0 Å². The summed E-state index contributed by atoms with van der Waals surface area (Å²) < 4.78 is 6.12. The van der Waals surface area contributed by atoms with Gasteiger partial charge in [0.05, 0.1) is 11.6 Å². The standard InChI is InChI=1S/C13H16BrNO2/c1-17-12-5-4-9(6-11(12)14)10(7-13(15)16)8-2-3-8/h4-6,8,10H,2-3,7H2,1H3,(H2,15,16). The van der Waals surface area contributed by atoms with Gasteiger partial charge in [0.25, 0.3) is 0 Å². The van der Waals surface area contributed by atoms with Gasteiger partial charge in [0, 0.05) is 6.42 Å². The van der Waals surface area contributed by atoms with Crippen LogP contribution in [0.25, 0.3) is 0 Å². The molecule has 4 heteroatoms. The van der Waals surface area contributed by atoms with Gasteiger partial charge in [0.2, 0.25) is 5.91 Å². The topological polar surface area (TPSA) is 52.3 Å². The largest absolute Gasteiger partial charge is 0.496 e. The average molecular weight is 298 g/mol. The van der Waals surface area contributed by atoms with Crippen LogP contribution < -0.4 is 10.5 Å². The fourth-order valence-corrected chi connectivity index (χ4v) is 2.74. The number of carbonyl (C=O) groups excluding carboxylic acids is 1. The molecule has 3 nitrogen and oxygen atoms in total. The molecule has 0 heterocycles. The van der Waals surface area contributed by atoms with E-state index in [0.29, 0.717) is 12.3 Å². The van der Waals surface area contributed by atoms with Gasteiger partial charge in [-0.3, -0.25) is 4.79 Å². The highest BCUT2D eigenvalue weighted by molar-refractivity contribution is 9.10. The van der Waals surface area contributed by atoms with Crippen molar-refractivity contribution in [2.75, 3.05) is 7.11 Å². The summed E-state index contributed by atoms with van der Waals surface area (Å²) in [5, 5.41) is 0. The Bertz CT molecular complexity index is 429. The smallest absolute Gasteiger partial charge is 0.218 e. The van der Waals surface area contributed by atoms with Crippen molar-refractivity contribution in [3.05, 3.63) is 28.2 Å². The number of carbonyl (C=O) groups is 1. The number of benzene rings is 1. The number of halogens is 1. The van der Waals surface area contributed by atoms with E-state index in [1.807, 2.05) is 18.2 Å². The van der Waals surface area contributed by atoms with E-state index in [1.54, 1.807) is 7.11 Å². The lowest BCUT2D eigenvalue weighted by molar-refractivity contribution is -0.118. The van der Waals surface area contributed by atoms with Crippen LogP contribution in [0.1, 0.15) is 30.7 Å². The van der Waals surface area contributed by atoms with Gasteiger partial charge in [-0.25, -0.2) is 0 Å². The number of methoxy groups -OCH3 is 1. The van der Waals surface area contributed by atoms with Crippen LogP contribution in [-0.2, 0) is 4.79 Å². The quantitative estimate of drug-likeness (QED) is 0.908. The Hall–Kier alpha value is -1.03. The number of ether oxygens (including phenoxy) is 1. The molecule has 0 spiro atoms. The highest BCUT2D eigenvalue weighted by Crippen LogP contribution is 2.45. The first-order chi connectivity index (χ1) is 8.11. The van der Waals surface area contributed by atoms with E-state index in [9.17, 15) is 4.79 Å². The van der Waals surface area contributed by atoms with Crippen LogP contribution in [0.3, 0.4) is 0 Å². The van der Waals surface area contributed by atoms with Crippen LogP contribution in [0.15, 0.2) is 22.7 Å². The molecule has 1 saturated carbocycles. The maximum atomic E-state index is 11.1. The third-order valence-corrected chi connectivity index (χ3v) is 3.84. The van der Waals surface area contributed by atoms with Gasteiger partial charge in [0.15, 0.2) is 0 Å². The molecule has 0 aromatic heterocycles. The molecule has 0 radical (unpaired) electrons. The lowest BCUT2D eigenvalue weighted by Crippen LogP contribution is -2.16. The van der Waals surface area contributed by atoms with E-state index in [2.05, 4.69) is 15.9 Å². The third-order valence-electron chi connectivity index (χ3n) is 3.22. The molecule has 1 aliphatic carbocycles. The molecule has 2 N–H and O–H groups in total. The molecule has 2 rings (SSSR count). The molecule has 17 heavy (non-hydrogen) atoms. The average Bonchev–Trinajstić information content (AvgIpc) is 3.09. The van der Waals surface area contributed by atoms with Crippen LogP contribution >= 0.6 is 15.9 Å². The summed E-state index contributed by atoms with van der Waals surface area (Å²) in [6.07, 6.45) is 2.83. The molecule has 1 aromatic rings. The van der Waals surface area contributed by atoms with Crippen molar-refractivity contribution in [1.29, 1.82) is 0 Å². The van der Waals surface area contributed by atoms with Crippen molar-refractivity contribution < 1.29 is 9.53 Å². The molecule has 0 aliphatic heterocycles. The maximum Gasteiger partial charge on any atom is 0.218 e. The number of hydrogen-bond donors (Lipinski definition) is 1. The zero-order chi connectivity index (χ0) is 12.4. The minimum absolute atomic E-state index is 0.228. The predicted octanol–water partition coefficient (Wildman–Crippen LogP) is 2.83. The van der Waals surface area contributed by atoms with Crippen molar-refractivity contribution in [1.82, 2.24) is 0 Å². The molecule has 1 atom stereocenters. The zero-order valence-electron chi connectivity index (χ0n) is 9.78. The molecule has 92 valence electrons. The number of rotatable bonds is 5. The number of amides is 1. The highest BCUT2D eigenvalue weighted by atomic mass is 79.9. The lowest BCUT2D eigenvalue weighted by Gasteiger charge is -2.16. The molecule has 1 aliphatic rings. The van der Waals surface area contributed by atoms with Gasteiger partial charge in [0.1, 0.15) is 5.75 Å². The first-order valence-electron chi connectivity index (χ1n) is 5.73.